The molecule has 0 amide bonds. The van der Waals surface area contributed by atoms with Gasteiger partial charge >= 0.3 is 6.18 Å². The van der Waals surface area contributed by atoms with Crippen molar-refractivity contribution in [3.63, 3.8) is 0 Å². The van der Waals surface area contributed by atoms with Gasteiger partial charge in [0.05, 0.1) is 23.5 Å². The van der Waals surface area contributed by atoms with Gasteiger partial charge in [0.25, 0.3) is 0 Å². The number of ether oxygens (including phenoxy) is 2. The van der Waals surface area contributed by atoms with Crippen LogP contribution in [0.15, 0.2) is 53.7 Å². The monoisotopic (exact) mass is 612 g/mol. The van der Waals surface area contributed by atoms with Gasteiger partial charge in [-0.25, -0.2) is 9.37 Å². The summed E-state index contributed by atoms with van der Waals surface area (Å²) in [6.07, 6.45) is -7.07. The van der Waals surface area contributed by atoms with Crippen LogP contribution in [-0.2, 0) is 11.1 Å². The average Bonchev–Trinajstić information content (AvgIpc) is 2.94. The maximum atomic E-state index is 14.5. The number of nitrogens with zero attached hydrogens (tertiary/aromatic N) is 2. The number of aliphatic hydroxyl groups is 1. The lowest BCUT2D eigenvalue weighted by Gasteiger charge is -2.32. The molecule has 1 atom stereocenters. The van der Waals surface area contributed by atoms with Gasteiger partial charge in [-0.1, -0.05) is 16.8 Å². The normalized spacial score (nSPS) is 13.9. The Kier molecular flexibility index (Phi) is 9.70. The van der Waals surface area contributed by atoms with E-state index in [0.717, 1.165) is 12.1 Å². The smallest absolute Gasteiger partial charge is 0.422 e. The van der Waals surface area contributed by atoms with E-state index in [2.05, 4.69) is 10.1 Å². The lowest BCUT2D eigenvalue weighted by molar-refractivity contribution is -0.270. The summed E-state index contributed by atoms with van der Waals surface area (Å²) in [6, 6.07) is 9.84. The van der Waals surface area contributed by atoms with E-state index in [-0.39, 0.29) is 51.3 Å². The van der Waals surface area contributed by atoms with Crippen molar-refractivity contribution in [2.24, 2.45) is 16.6 Å². The average molecular weight is 613 g/mol. The SMILES string of the molecule is COc1cc(C(=O)CCC(O)(c2cc(C(C)(C)N)cc(-c3ccc(F)c(Cl)c3)n2)C(F)(F)F)ccc1OC/C(N)=N/O. The minimum absolute atomic E-state index is 0.0148. The van der Waals surface area contributed by atoms with Crippen molar-refractivity contribution in [1.29, 1.82) is 0 Å². The minimum atomic E-state index is -5.25. The van der Waals surface area contributed by atoms with Gasteiger partial charge in [0.2, 0.25) is 5.60 Å². The number of Topliss-reactive ketones (excluding diaryl/α,β-unsaturated/α-hetero) is 1. The summed E-state index contributed by atoms with van der Waals surface area (Å²) in [5, 5.41) is 22.3. The molecule has 0 saturated heterocycles. The lowest BCUT2D eigenvalue weighted by Crippen LogP contribution is -2.44. The van der Waals surface area contributed by atoms with E-state index in [0.29, 0.717) is 0 Å². The van der Waals surface area contributed by atoms with Gasteiger partial charge in [0.15, 0.2) is 23.1 Å². The quantitative estimate of drug-likeness (QED) is 0.0570. The van der Waals surface area contributed by atoms with Crippen molar-refractivity contribution in [2.45, 2.75) is 44.0 Å². The largest absolute Gasteiger partial charge is 0.493 e. The highest BCUT2D eigenvalue weighted by Gasteiger charge is 2.56. The number of rotatable bonds is 11. The molecular weight excluding hydrogens is 584 g/mol. The molecule has 1 heterocycles. The van der Waals surface area contributed by atoms with Gasteiger partial charge in [0, 0.05) is 23.1 Å². The summed E-state index contributed by atoms with van der Waals surface area (Å²) in [5.41, 5.74) is 6.38. The van der Waals surface area contributed by atoms with Crippen molar-refractivity contribution in [3.05, 3.63) is 76.2 Å². The Bertz CT molecular complexity index is 1490. The number of methoxy groups -OCH3 is 1. The molecule has 226 valence electrons. The minimum Gasteiger partial charge on any atom is -0.493 e. The Morgan fingerprint density at radius 2 is 1.79 bits per heavy atom. The molecule has 42 heavy (non-hydrogen) atoms. The number of hydrogen-bond donors (Lipinski definition) is 4. The van der Waals surface area contributed by atoms with Gasteiger partial charge in [-0.15, -0.1) is 0 Å². The first-order valence-corrected chi connectivity index (χ1v) is 12.7. The summed E-state index contributed by atoms with van der Waals surface area (Å²) < 4.78 is 67.8. The van der Waals surface area contributed by atoms with Crippen LogP contribution in [-0.4, -0.2) is 46.8 Å². The number of hydrogen-bond acceptors (Lipinski definition) is 8. The second-order valence-corrected chi connectivity index (χ2v) is 10.4. The Morgan fingerprint density at radius 3 is 2.36 bits per heavy atom. The standard InChI is InChI=1S/C28H29ClF4N4O5/c1-26(2,35)17-12-20(15-4-6-19(30)18(29)10-15)36-24(13-17)27(39,28(31,32)33)9-8-21(38)16-5-7-22(23(11-16)41-3)42-14-25(34)37-40/h4-7,10-13,39-40H,8-9,14,35H2,1-3H3,(H2,34,37). The van der Waals surface area contributed by atoms with E-state index in [1.807, 2.05) is 0 Å². The number of nitrogens with two attached hydrogens (primary N) is 2. The lowest BCUT2D eigenvalue weighted by atomic mass is 9.86. The van der Waals surface area contributed by atoms with Crippen LogP contribution in [0.5, 0.6) is 11.5 Å². The first kappa shape index (κ1) is 32.6. The Labute approximate surface area is 243 Å². The van der Waals surface area contributed by atoms with Crippen LogP contribution in [0.1, 0.15) is 48.3 Å². The number of benzene rings is 2. The molecule has 0 fully saturated rings. The van der Waals surface area contributed by atoms with Gasteiger partial charge < -0.3 is 31.3 Å². The highest BCUT2D eigenvalue weighted by atomic mass is 35.5. The molecule has 6 N–H and O–H groups in total. The molecule has 0 aliphatic heterocycles. The van der Waals surface area contributed by atoms with Crippen molar-refractivity contribution in [3.8, 4) is 22.8 Å². The predicted octanol–water partition coefficient (Wildman–Crippen LogP) is 5.28. The highest BCUT2D eigenvalue weighted by Crippen LogP contribution is 2.44. The van der Waals surface area contributed by atoms with E-state index >= 15 is 0 Å². The van der Waals surface area contributed by atoms with E-state index in [1.54, 1.807) is 13.8 Å². The predicted molar refractivity (Wildman–Crippen MR) is 147 cm³/mol. The third-order valence-electron chi connectivity index (χ3n) is 6.38. The van der Waals surface area contributed by atoms with Gasteiger partial charge in [-0.05, 0) is 74.4 Å². The van der Waals surface area contributed by atoms with E-state index < -0.39 is 47.5 Å². The number of ketones is 1. The zero-order valence-electron chi connectivity index (χ0n) is 22.8. The Hall–Kier alpha value is -3.94. The van der Waals surface area contributed by atoms with Crippen LogP contribution >= 0.6 is 11.6 Å². The molecule has 0 aliphatic rings. The molecule has 2 aromatic carbocycles. The third-order valence-corrected chi connectivity index (χ3v) is 6.67. The van der Waals surface area contributed by atoms with Crippen molar-refractivity contribution in [2.75, 3.05) is 13.7 Å². The molecule has 0 aliphatic carbocycles. The fourth-order valence-corrected chi connectivity index (χ4v) is 4.09. The molecule has 0 spiro atoms. The van der Waals surface area contributed by atoms with Crippen molar-refractivity contribution in [1.82, 2.24) is 4.98 Å². The van der Waals surface area contributed by atoms with E-state index in [9.17, 15) is 27.5 Å². The fraction of sp³-hybridized carbons (Fsp3) is 0.321. The first-order chi connectivity index (χ1) is 19.5. The van der Waals surface area contributed by atoms with Crippen LogP contribution < -0.4 is 20.9 Å². The van der Waals surface area contributed by atoms with Gasteiger partial charge in [-0.2, -0.15) is 13.2 Å². The van der Waals surface area contributed by atoms with Gasteiger partial charge in [-0.3, -0.25) is 4.79 Å². The number of aromatic nitrogens is 1. The molecule has 1 aromatic heterocycles. The van der Waals surface area contributed by atoms with Crippen molar-refractivity contribution >= 4 is 23.2 Å². The highest BCUT2D eigenvalue weighted by molar-refractivity contribution is 6.31. The van der Waals surface area contributed by atoms with Crippen LogP contribution in [0, 0.1) is 5.82 Å². The molecule has 3 aromatic rings. The summed E-state index contributed by atoms with van der Waals surface area (Å²) in [6.45, 7) is 2.81. The number of pyridine rings is 1. The fourth-order valence-electron chi connectivity index (χ4n) is 3.91. The third kappa shape index (κ3) is 7.27. The maximum absolute atomic E-state index is 14.5. The molecule has 0 bridgehead atoms. The maximum Gasteiger partial charge on any atom is 0.422 e. The summed E-state index contributed by atoms with van der Waals surface area (Å²) in [5.74, 6) is -1.50. The van der Waals surface area contributed by atoms with Crippen LogP contribution in [0.2, 0.25) is 5.02 Å². The number of halogens is 5. The first-order valence-electron chi connectivity index (χ1n) is 12.4. The zero-order valence-corrected chi connectivity index (χ0v) is 23.6. The summed E-state index contributed by atoms with van der Waals surface area (Å²) in [7, 11) is 1.28. The second kappa shape index (κ2) is 12.5. The van der Waals surface area contributed by atoms with Gasteiger partial charge in [0.1, 0.15) is 12.4 Å². The topological polar surface area (TPSA) is 153 Å². The summed E-state index contributed by atoms with van der Waals surface area (Å²) in [4.78, 5) is 17.1. The van der Waals surface area contributed by atoms with Crippen LogP contribution in [0.4, 0.5) is 17.6 Å². The van der Waals surface area contributed by atoms with Crippen LogP contribution in [0.3, 0.4) is 0 Å². The molecule has 1 unspecified atom stereocenters. The second-order valence-electron chi connectivity index (χ2n) is 10.0. The molecule has 0 saturated carbocycles. The molecular formula is C28H29ClF4N4O5. The van der Waals surface area contributed by atoms with E-state index in [4.69, 9.17) is 37.7 Å². The zero-order chi connectivity index (χ0) is 31.5. The molecule has 0 radical (unpaired) electrons. The van der Waals surface area contributed by atoms with Crippen LogP contribution in [0.25, 0.3) is 11.3 Å². The number of carbonyl (C=O) groups is 1. The molecule has 9 nitrogen and oxygen atoms in total. The Morgan fingerprint density at radius 1 is 1.10 bits per heavy atom. The van der Waals surface area contributed by atoms with E-state index in [1.165, 1.54) is 43.5 Å². The Balaban J connectivity index is 1.99. The number of carbonyl (C=O) groups excluding carboxylic acids is 1. The number of amidine groups is 1. The number of alkyl halides is 3. The van der Waals surface area contributed by atoms with Crippen molar-refractivity contribution < 1.29 is 42.1 Å². The summed E-state index contributed by atoms with van der Waals surface area (Å²) >= 11 is 5.88. The molecule has 3 rings (SSSR count). The molecule has 14 heteroatoms. The number of oxime groups is 1.